The minimum atomic E-state index is 0.835. The molecule has 0 spiro atoms. The predicted octanol–water partition coefficient (Wildman–Crippen LogP) is 4.65. The van der Waals surface area contributed by atoms with E-state index in [0.29, 0.717) is 0 Å². The van der Waals surface area contributed by atoms with Crippen molar-refractivity contribution < 1.29 is 0 Å². The van der Waals surface area contributed by atoms with Crippen molar-refractivity contribution in [3.63, 3.8) is 0 Å². The first kappa shape index (κ1) is 13.7. The van der Waals surface area contributed by atoms with Gasteiger partial charge in [-0.25, -0.2) is 0 Å². The van der Waals surface area contributed by atoms with Gasteiger partial charge in [0.1, 0.15) is 0 Å². The lowest BCUT2D eigenvalue weighted by Gasteiger charge is -2.08. The molecule has 0 aliphatic rings. The average Bonchev–Trinajstić information content (AvgIpc) is 3.02. The fourth-order valence-corrected chi connectivity index (χ4v) is 3.39. The summed E-state index contributed by atoms with van der Waals surface area (Å²) >= 11 is 7.65. The Bertz CT molecular complexity index is 727. The molecule has 0 unspecified atom stereocenters. The molecule has 0 saturated carbocycles. The number of benzene rings is 1. The number of aromatic nitrogens is 1. The number of nitrogens with zero attached hydrogens (tertiary/aromatic N) is 1. The fraction of sp³-hybridized carbons (Fsp3) is 0.250. The molecule has 0 amide bonds. The van der Waals surface area contributed by atoms with E-state index < -0.39 is 0 Å². The van der Waals surface area contributed by atoms with Gasteiger partial charge >= 0.3 is 0 Å². The lowest BCUT2D eigenvalue weighted by Crippen LogP contribution is -2.14. The zero-order chi connectivity index (χ0) is 14.1. The summed E-state index contributed by atoms with van der Waals surface area (Å²) in [6.45, 7) is 1.06. The van der Waals surface area contributed by atoms with Gasteiger partial charge in [0.2, 0.25) is 0 Å². The second-order valence-electron chi connectivity index (χ2n) is 5.23. The van der Waals surface area contributed by atoms with Crippen LogP contribution >= 0.6 is 22.9 Å². The topological polar surface area (TPSA) is 19.0 Å². The lowest BCUT2D eigenvalue weighted by atomic mass is 10.1. The normalized spacial score (nSPS) is 11.6. The molecule has 0 aliphatic carbocycles. The van der Waals surface area contributed by atoms with Gasteiger partial charge in [0.15, 0.2) is 0 Å². The minimum absolute atomic E-state index is 0.835. The molecule has 3 rings (SSSR count). The van der Waals surface area contributed by atoms with Crippen molar-refractivity contribution in [2.45, 2.75) is 6.42 Å². The van der Waals surface area contributed by atoms with Crippen molar-refractivity contribution in [2.24, 2.45) is 0 Å². The summed E-state index contributed by atoms with van der Waals surface area (Å²) in [5.41, 5.74) is 3.81. The molecular weight excluding hydrogens is 288 g/mol. The standard InChI is InChI=1S/C16H17ClN2S/c1-19(2)8-7-12-10-18-14-4-3-11(9-13(12)14)15-5-6-16(17)20-15/h3-6,9-10,18H,7-8H2,1-2H3. The van der Waals surface area contributed by atoms with E-state index in [-0.39, 0.29) is 0 Å². The molecule has 2 nitrogen and oxygen atoms in total. The Morgan fingerprint density at radius 1 is 1.20 bits per heavy atom. The van der Waals surface area contributed by atoms with Gasteiger partial charge in [0.05, 0.1) is 4.34 Å². The average molecular weight is 305 g/mol. The van der Waals surface area contributed by atoms with Crippen molar-refractivity contribution in [1.29, 1.82) is 0 Å². The Kier molecular flexibility index (Phi) is 3.83. The Morgan fingerprint density at radius 2 is 2.05 bits per heavy atom. The molecule has 2 aromatic heterocycles. The number of nitrogens with one attached hydrogen (secondary N) is 1. The molecule has 0 fully saturated rings. The van der Waals surface area contributed by atoms with Gasteiger partial charge in [0, 0.05) is 28.5 Å². The Labute approximate surface area is 128 Å². The van der Waals surface area contributed by atoms with Gasteiger partial charge in [-0.15, -0.1) is 11.3 Å². The Morgan fingerprint density at radius 3 is 2.75 bits per heavy atom. The monoisotopic (exact) mass is 304 g/mol. The summed E-state index contributed by atoms with van der Waals surface area (Å²) in [6, 6.07) is 10.6. The number of halogens is 1. The largest absolute Gasteiger partial charge is 0.361 e. The lowest BCUT2D eigenvalue weighted by molar-refractivity contribution is 0.414. The predicted molar refractivity (Wildman–Crippen MR) is 88.9 cm³/mol. The third kappa shape index (κ3) is 2.75. The molecule has 0 bridgehead atoms. The highest BCUT2D eigenvalue weighted by atomic mass is 35.5. The molecule has 104 valence electrons. The van der Waals surface area contributed by atoms with E-state index in [1.807, 2.05) is 6.07 Å². The first-order chi connectivity index (χ1) is 9.63. The van der Waals surface area contributed by atoms with Crippen LogP contribution in [0, 0.1) is 0 Å². The number of H-pyrrole nitrogens is 1. The van der Waals surface area contributed by atoms with Gasteiger partial charge in [-0.05, 0) is 55.9 Å². The third-order valence-corrected chi connectivity index (χ3v) is 4.73. The number of thiophene rings is 1. The van der Waals surface area contributed by atoms with Crippen molar-refractivity contribution in [3.05, 3.63) is 46.4 Å². The summed E-state index contributed by atoms with van der Waals surface area (Å²) in [7, 11) is 4.21. The molecule has 2 heterocycles. The summed E-state index contributed by atoms with van der Waals surface area (Å²) < 4.78 is 0.835. The van der Waals surface area contributed by atoms with Gasteiger partial charge < -0.3 is 9.88 Å². The molecule has 1 aromatic carbocycles. The number of hydrogen-bond donors (Lipinski definition) is 1. The van der Waals surface area contributed by atoms with Gasteiger partial charge in [-0.1, -0.05) is 17.7 Å². The number of likely N-dealkylation sites (N-methyl/N-ethyl adjacent to an activating group) is 1. The van der Waals surface area contributed by atoms with Gasteiger partial charge in [-0.3, -0.25) is 0 Å². The number of rotatable bonds is 4. The van der Waals surface area contributed by atoms with E-state index in [9.17, 15) is 0 Å². The molecule has 0 atom stereocenters. The molecule has 0 radical (unpaired) electrons. The number of hydrogen-bond acceptors (Lipinski definition) is 2. The minimum Gasteiger partial charge on any atom is -0.361 e. The Balaban J connectivity index is 1.98. The van der Waals surface area contributed by atoms with Crippen molar-refractivity contribution in [2.75, 3.05) is 20.6 Å². The maximum Gasteiger partial charge on any atom is 0.0934 e. The molecule has 20 heavy (non-hydrogen) atoms. The van der Waals surface area contributed by atoms with E-state index in [4.69, 9.17) is 11.6 Å². The molecule has 1 N–H and O–H groups in total. The summed E-state index contributed by atoms with van der Waals surface area (Å²) in [5.74, 6) is 0. The van der Waals surface area contributed by atoms with Crippen LogP contribution < -0.4 is 0 Å². The van der Waals surface area contributed by atoms with E-state index in [0.717, 1.165) is 17.3 Å². The highest BCUT2D eigenvalue weighted by Gasteiger charge is 2.07. The van der Waals surface area contributed by atoms with Crippen molar-refractivity contribution >= 4 is 33.8 Å². The quantitative estimate of drug-likeness (QED) is 0.743. The first-order valence-electron chi connectivity index (χ1n) is 6.64. The maximum atomic E-state index is 6.03. The third-order valence-electron chi connectivity index (χ3n) is 3.45. The molecule has 0 saturated heterocycles. The van der Waals surface area contributed by atoms with Gasteiger partial charge in [0.25, 0.3) is 0 Å². The van der Waals surface area contributed by atoms with Gasteiger partial charge in [-0.2, -0.15) is 0 Å². The SMILES string of the molecule is CN(C)CCc1c[nH]c2ccc(-c3ccc(Cl)s3)cc12. The Hall–Kier alpha value is -1.29. The summed E-state index contributed by atoms with van der Waals surface area (Å²) in [5, 5.41) is 1.31. The molecule has 3 aromatic rings. The van der Waals surface area contributed by atoms with E-state index in [1.54, 1.807) is 11.3 Å². The highest BCUT2D eigenvalue weighted by Crippen LogP contribution is 2.33. The second-order valence-corrected chi connectivity index (χ2v) is 6.95. The summed E-state index contributed by atoms with van der Waals surface area (Å²) in [4.78, 5) is 6.78. The molecular formula is C16H17ClN2S. The van der Waals surface area contributed by atoms with E-state index in [1.165, 1.54) is 26.9 Å². The number of fused-ring (bicyclic) bond motifs is 1. The van der Waals surface area contributed by atoms with Crippen LogP contribution in [0.15, 0.2) is 36.5 Å². The zero-order valence-corrected chi connectivity index (χ0v) is 13.2. The first-order valence-corrected chi connectivity index (χ1v) is 7.83. The maximum absolute atomic E-state index is 6.03. The van der Waals surface area contributed by atoms with Crippen LogP contribution in [0.3, 0.4) is 0 Å². The van der Waals surface area contributed by atoms with Crippen molar-refractivity contribution in [3.8, 4) is 10.4 Å². The summed E-state index contributed by atoms with van der Waals surface area (Å²) in [6.07, 6.45) is 3.18. The molecule has 0 aliphatic heterocycles. The van der Waals surface area contributed by atoms with Crippen molar-refractivity contribution in [1.82, 2.24) is 9.88 Å². The fourth-order valence-electron chi connectivity index (χ4n) is 2.35. The van der Waals surface area contributed by atoms with E-state index >= 15 is 0 Å². The highest BCUT2D eigenvalue weighted by molar-refractivity contribution is 7.19. The van der Waals surface area contributed by atoms with Crippen LogP contribution in [0.4, 0.5) is 0 Å². The number of aromatic amines is 1. The van der Waals surface area contributed by atoms with Crippen LogP contribution in [0.2, 0.25) is 4.34 Å². The zero-order valence-electron chi connectivity index (χ0n) is 11.6. The van der Waals surface area contributed by atoms with Crippen LogP contribution in [0.25, 0.3) is 21.3 Å². The second kappa shape index (κ2) is 5.60. The van der Waals surface area contributed by atoms with Crippen LogP contribution in [0.1, 0.15) is 5.56 Å². The van der Waals surface area contributed by atoms with E-state index in [2.05, 4.69) is 54.4 Å². The van der Waals surface area contributed by atoms with Crippen LogP contribution in [-0.2, 0) is 6.42 Å². The van der Waals surface area contributed by atoms with Crippen LogP contribution in [-0.4, -0.2) is 30.5 Å². The smallest absolute Gasteiger partial charge is 0.0934 e. The van der Waals surface area contributed by atoms with Crippen LogP contribution in [0.5, 0.6) is 0 Å². The molecule has 4 heteroatoms.